The van der Waals surface area contributed by atoms with Crippen LogP contribution in [0.1, 0.15) is 130 Å². The molecule has 2 unspecified atom stereocenters. The zero-order valence-corrected chi connectivity index (χ0v) is 40.6. The minimum atomic E-state index is -0.627. The van der Waals surface area contributed by atoms with Gasteiger partial charge in [0.15, 0.2) is 0 Å². The lowest BCUT2D eigenvalue weighted by molar-refractivity contribution is -0.153. The number of amides is 3. The summed E-state index contributed by atoms with van der Waals surface area (Å²) < 4.78 is 19.2. The molecule has 1 aromatic carbocycles. The number of likely N-dealkylation sites (tertiary alicyclic amines) is 2. The SMILES string of the molecule is COC(=O)C[C@H](C(=O)N1[C@@H](C)CC[C@H]1c1ncc(-c2ncc(-c3ccc(-c4cnc([C@@H]5CC[C@H](C)N5C(=O)[C@@H](NC(C)=O)C5C[C@@H](C)O[C@@H](C)C5)[nH]4)cc3)n3cccc23)[nH]1)C1C[C@@H](C)O[C@@H](C)C1. The van der Waals surface area contributed by atoms with Gasteiger partial charge >= 0.3 is 5.97 Å². The number of fused-ring (bicyclic) bond motifs is 1. The highest BCUT2D eigenvalue weighted by molar-refractivity contribution is 5.88. The molecule has 4 saturated heterocycles. The normalized spacial score (nSPS) is 28.4. The van der Waals surface area contributed by atoms with Gasteiger partial charge in [-0.15, -0.1) is 0 Å². The maximum atomic E-state index is 14.6. The van der Waals surface area contributed by atoms with Gasteiger partial charge in [-0.3, -0.25) is 24.2 Å². The van der Waals surface area contributed by atoms with Gasteiger partial charge in [-0.25, -0.2) is 9.97 Å². The maximum Gasteiger partial charge on any atom is 0.306 e. The van der Waals surface area contributed by atoms with Crippen LogP contribution in [0, 0.1) is 17.8 Å². The number of nitrogens with one attached hydrogen (secondary N) is 3. The highest BCUT2D eigenvalue weighted by Crippen LogP contribution is 2.42. The lowest BCUT2D eigenvalue weighted by atomic mass is 9.79. The van der Waals surface area contributed by atoms with Gasteiger partial charge in [0.2, 0.25) is 17.7 Å². The van der Waals surface area contributed by atoms with Crippen LogP contribution in [0.5, 0.6) is 0 Å². The van der Waals surface area contributed by atoms with Crippen LogP contribution in [0.25, 0.3) is 39.4 Å². The first-order valence-corrected chi connectivity index (χ1v) is 24.6. The zero-order chi connectivity index (χ0) is 48.0. The van der Waals surface area contributed by atoms with E-state index in [1.165, 1.54) is 14.0 Å². The van der Waals surface area contributed by atoms with Gasteiger partial charge < -0.3 is 43.7 Å². The van der Waals surface area contributed by atoms with Gasteiger partial charge in [0.25, 0.3) is 0 Å². The molecule has 362 valence electrons. The number of aromatic nitrogens is 6. The third kappa shape index (κ3) is 9.45. The Morgan fingerprint density at radius 3 is 1.84 bits per heavy atom. The largest absolute Gasteiger partial charge is 0.469 e. The van der Waals surface area contributed by atoms with Gasteiger partial charge in [0.05, 0.1) is 97.1 Å². The molecule has 3 amide bonds. The standard InChI is InChI=1S/C52H67N9O7/c1-28-11-17-43(60(28)51(64)39(24-46(63)66-8)37-20-30(3)67-31(4)21-37)50-55-26-41(58-50)48-42-10-9-19-59(42)45(27-53-48)36-15-13-35(14-16-36)40-25-54-49(57-40)44-18-12-29(2)61(44)52(65)47(56-34(7)62)38-22-32(5)68-33(6)23-38/h9-10,13-16,19,25-33,37-39,43-44,47H,11-12,17-18,20-24H2,1-8H3,(H,54,57)(H,55,58)(H,56,62)/t28-,29-,30-,31+,32-,33+,37?,38?,39-,43-,44-,47-/m0/s1. The molecule has 68 heavy (non-hydrogen) atoms. The zero-order valence-electron chi connectivity index (χ0n) is 40.6. The van der Waals surface area contributed by atoms with Crippen LogP contribution in [0.15, 0.2) is 61.2 Å². The average Bonchev–Trinajstić information content (AvgIpc) is 4.17. The molecule has 4 aliphatic heterocycles. The third-order valence-electron chi connectivity index (χ3n) is 15.0. The molecular formula is C52H67N9O7. The van der Waals surface area contributed by atoms with Crippen LogP contribution >= 0.6 is 0 Å². The summed E-state index contributed by atoms with van der Waals surface area (Å²) in [6.45, 7) is 13.7. The summed E-state index contributed by atoms with van der Waals surface area (Å²) in [6, 6.07) is 11.2. The molecule has 12 atom stereocenters. The number of esters is 1. The maximum absolute atomic E-state index is 14.6. The highest BCUT2D eigenvalue weighted by Gasteiger charge is 2.46. The van der Waals surface area contributed by atoms with E-state index in [0.717, 1.165) is 70.9 Å². The Hall–Kier alpha value is -5.87. The van der Waals surface area contributed by atoms with Gasteiger partial charge in [0, 0.05) is 30.8 Å². The van der Waals surface area contributed by atoms with E-state index in [9.17, 15) is 19.2 Å². The first-order valence-electron chi connectivity index (χ1n) is 24.6. The van der Waals surface area contributed by atoms with E-state index in [1.807, 2.05) is 68.2 Å². The summed E-state index contributed by atoms with van der Waals surface area (Å²) in [5.41, 5.74) is 6.09. The molecule has 16 heteroatoms. The Labute approximate surface area is 398 Å². The number of carbonyl (C=O) groups excluding carboxylic acids is 4. The Bertz CT molecular complexity index is 2600. The third-order valence-corrected chi connectivity index (χ3v) is 15.0. The molecule has 16 nitrogen and oxygen atoms in total. The summed E-state index contributed by atoms with van der Waals surface area (Å²) in [5, 5.41) is 3.01. The fourth-order valence-corrected chi connectivity index (χ4v) is 12.0. The van der Waals surface area contributed by atoms with Gasteiger partial charge in [-0.2, -0.15) is 0 Å². The Balaban J connectivity index is 0.917. The van der Waals surface area contributed by atoms with Crippen molar-refractivity contribution in [1.82, 2.24) is 44.4 Å². The Morgan fingerprint density at radius 1 is 0.706 bits per heavy atom. The molecule has 0 aliphatic carbocycles. The molecule has 4 aliphatic rings. The second kappa shape index (κ2) is 19.6. The number of hydrogen-bond donors (Lipinski definition) is 3. The molecule has 4 fully saturated rings. The van der Waals surface area contributed by atoms with Crippen molar-refractivity contribution >= 4 is 29.2 Å². The minimum absolute atomic E-state index is 0.00154. The fraction of sp³-hybridized carbons (Fsp3) is 0.558. The Kier molecular flexibility index (Phi) is 13.6. The molecule has 0 saturated carbocycles. The average molecular weight is 930 g/mol. The van der Waals surface area contributed by atoms with E-state index in [0.29, 0.717) is 31.5 Å². The number of ether oxygens (including phenoxy) is 3. The second-order valence-electron chi connectivity index (χ2n) is 20.1. The van der Waals surface area contributed by atoms with Crippen LogP contribution in [-0.4, -0.2) is 112 Å². The summed E-state index contributed by atoms with van der Waals surface area (Å²) in [5.74, 6) is 0.221. The van der Waals surface area contributed by atoms with Crippen LogP contribution < -0.4 is 5.32 Å². The van der Waals surface area contributed by atoms with E-state index < -0.39 is 12.0 Å². The van der Waals surface area contributed by atoms with Crippen molar-refractivity contribution in [3.8, 4) is 33.9 Å². The minimum Gasteiger partial charge on any atom is -0.469 e. The van der Waals surface area contributed by atoms with Crippen molar-refractivity contribution in [2.75, 3.05) is 7.11 Å². The smallest absolute Gasteiger partial charge is 0.306 e. The number of imidazole rings is 2. The predicted molar refractivity (Wildman–Crippen MR) is 256 cm³/mol. The molecule has 0 radical (unpaired) electrons. The molecular weight excluding hydrogens is 863 g/mol. The summed E-state index contributed by atoms with van der Waals surface area (Å²) >= 11 is 0. The molecule has 4 aromatic heterocycles. The van der Waals surface area contributed by atoms with E-state index in [-0.39, 0.29) is 90.5 Å². The fourth-order valence-electron chi connectivity index (χ4n) is 12.0. The Morgan fingerprint density at radius 2 is 1.25 bits per heavy atom. The molecule has 8 heterocycles. The quantitative estimate of drug-likeness (QED) is 0.104. The lowest BCUT2D eigenvalue weighted by Gasteiger charge is -2.39. The number of nitrogens with zero attached hydrogens (tertiary/aromatic N) is 6. The van der Waals surface area contributed by atoms with Gasteiger partial charge in [-0.1, -0.05) is 24.3 Å². The molecule has 0 spiro atoms. The van der Waals surface area contributed by atoms with Crippen molar-refractivity contribution in [2.24, 2.45) is 17.8 Å². The lowest BCUT2D eigenvalue weighted by Crippen LogP contribution is -2.55. The number of methoxy groups -OCH3 is 1. The number of H-pyrrole nitrogens is 2. The number of aromatic amines is 2. The van der Waals surface area contributed by atoms with Crippen LogP contribution in [0.3, 0.4) is 0 Å². The van der Waals surface area contributed by atoms with Gasteiger partial charge in [0.1, 0.15) is 23.4 Å². The summed E-state index contributed by atoms with van der Waals surface area (Å²) in [7, 11) is 1.38. The van der Waals surface area contributed by atoms with E-state index in [4.69, 9.17) is 29.2 Å². The van der Waals surface area contributed by atoms with E-state index in [1.54, 1.807) is 6.20 Å². The number of carbonyl (C=O) groups is 4. The first-order chi connectivity index (χ1) is 32.7. The van der Waals surface area contributed by atoms with E-state index in [2.05, 4.69) is 57.8 Å². The molecule has 3 N–H and O–H groups in total. The second-order valence-corrected chi connectivity index (χ2v) is 20.1. The number of benzene rings is 1. The van der Waals surface area contributed by atoms with Crippen molar-refractivity contribution < 1.29 is 33.4 Å². The summed E-state index contributed by atoms with van der Waals surface area (Å²) in [6.07, 6.45) is 13.6. The summed E-state index contributed by atoms with van der Waals surface area (Å²) in [4.78, 5) is 79.8. The van der Waals surface area contributed by atoms with Crippen molar-refractivity contribution in [3.63, 3.8) is 0 Å². The monoisotopic (exact) mass is 930 g/mol. The van der Waals surface area contributed by atoms with Crippen molar-refractivity contribution in [1.29, 1.82) is 0 Å². The van der Waals surface area contributed by atoms with Crippen molar-refractivity contribution in [3.05, 3.63) is 72.8 Å². The van der Waals surface area contributed by atoms with Crippen LogP contribution in [-0.2, 0) is 33.4 Å². The van der Waals surface area contributed by atoms with Crippen molar-refractivity contribution in [2.45, 2.75) is 161 Å². The van der Waals surface area contributed by atoms with Crippen LogP contribution in [0.4, 0.5) is 0 Å². The molecule has 0 bridgehead atoms. The predicted octanol–water partition coefficient (Wildman–Crippen LogP) is 7.98. The molecule has 9 rings (SSSR count). The van der Waals surface area contributed by atoms with E-state index >= 15 is 0 Å². The molecule has 5 aromatic rings. The highest BCUT2D eigenvalue weighted by atomic mass is 16.5. The van der Waals surface area contributed by atoms with Crippen LogP contribution in [0.2, 0.25) is 0 Å². The first kappa shape index (κ1) is 47.2. The number of hydrogen-bond acceptors (Lipinski definition) is 10. The topological polar surface area (TPSA) is 189 Å². The number of rotatable bonds is 12. The van der Waals surface area contributed by atoms with Gasteiger partial charge in [-0.05, 0) is 122 Å².